The van der Waals surface area contributed by atoms with Crippen molar-refractivity contribution in [2.75, 3.05) is 44.3 Å². The molecule has 1 aliphatic rings. The number of halogens is 1. The molecule has 0 N–H and O–H groups in total. The summed E-state index contributed by atoms with van der Waals surface area (Å²) >= 11 is 4.94. The van der Waals surface area contributed by atoms with Crippen LogP contribution in [0.5, 0.6) is 0 Å². The molecule has 1 aliphatic heterocycles. The first kappa shape index (κ1) is 21.8. The fourth-order valence-corrected chi connectivity index (χ4v) is 4.99. The number of nitrogens with zero attached hydrogens (tertiary/aromatic N) is 4. The Balaban J connectivity index is 1.57. The molecule has 1 saturated heterocycles. The predicted octanol–water partition coefficient (Wildman–Crippen LogP) is 4.34. The topological polar surface area (TPSA) is 88.8 Å². The number of benzene rings is 2. The number of fused-ring (bicyclic) bond motifs is 1. The van der Waals surface area contributed by atoms with Gasteiger partial charge in [0.15, 0.2) is 5.13 Å². The van der Waals surface area contributed by atoms with E-state index in [-0.39, 0.29) is 11.6 Å². The Labute approximate surface area is 191 Å². The maximum absolute atomic E-state index is 13.3. The fourth-order valence-electron chi connectivity index (χ4n) is 3.44. The average molecular weight is 505 g/mol. The van der Waals surface area contributed by atoms with E-state index in [2.05, 4.69) is 25.8 Å². The smallest absolute Gasteiger partial charge is 0.269 e. The number of carbonyl (C=O) groups excluding carboxylic acids is 1. The fraction of sp³-hybridized carbons (Fsp3) is 0.333. The van der Waals surface area contributed by atoms with Crippen LogP contribution in [0.15, 0.2) is 46.9 Å². The number of rotatable bonds is 7. The van der Waals surface area contributed by atoms with Crippen molar-refractivity contribution in [1.29, 1.82) is 0 Å². The highest BCUT2D eigenvalue weighted by Gasteiger charge is 2.22. The summed E-state index contributed by atoms with van der Waals surface area (Å²) in [5, 5.41) is 11.6. The molecule has 31 heavy (non-hydrogen) atoms. The first-order valence-electron chi connectivity index (χ1n) is 9.94. The molecule has 0 radical (unpaired) electrons. The van der Waals surface area contributed by atoms with E-state index in [0.29, 0.717) is 17.2 Å². The molecule has 1 aromatic heterocycles. The standard InChI is InChI=1S/C21H21BrN4O4S/c22-16-4-7-18-19(14-16)31-21(23-18)25(9-1-8-24-10-12-30-13-11-24)20(27)15-2-5-17(6-3-15)26(28)29/h2-7,14H,1,8-13H2. The lowest BCUT2D eigenvalue weighted by Gasteiger charge is -2.27. The van der Waals surface area contributed by atoms with E-state index < -0.39 is 4.92 Å². The number of hydrogen-bond acceptors (Lipinski definition) is 7. The molecule has 0 saturated carbocycles. The lowest BCUT2D eigenvalue weighted by atomic mass is 10.2. The first-order chi connectivity index (χ1) is 15.0. The van der Waals surface area contributed by atoms with Crippen LogP contribution in [0.3, 0.4) is 0 Å². The van der Waals surface area contributed by atoms with Gasteiger partial charge in [0.2, 0.25) is 0 Å². The Kier molecular flexibility index (Phi) is 6.91. The molecule has 10 heteroatoms. The lowest BCUT2D eigenvalue weighted by Crippen LogP contribution is -2.39. The van der Waals surface area contributed by atoms with Crippen LogP contribution < -0.4 is 4.90 Å². The minimum absolute atomic E-state index is 0.0414. The van der Waals surface area contributed by atoms with Crippen molar-refractivity contribution in [3.8, 4) is 0 Å². The molecule has 0 bridgehead atoms. The zero-order valence-corrected chi connectivity index (χ0v) is 19.1. The van der Waals surface area contributed by atoms with Gasteiger partial charge in [-0.3, -0.25) is 24.7 Å². The number of hydrogen-bond donors (Lipinski definition) is 0. The summed E-state index contributed by atoms with van der Waals surface area (Å²) in [5.74, 6) is -0.213. The monoisotopic (exact) mass is 504 g/mol. The largest absolute Gasteiger partial charge is 0.379 e. The Morgan fingerprint density at radius 1 is 1.23 bits per heavy atom. The summed E-state index contributed by atoms with van der Waals surface area (Å²) in [6, 6.07) is 11.5. The quantitative estimate of drug-likeness (QED) is 0.351. The molecule has 0 atom stereocenters. The van der Waals surface area contributed by atoms with Crippen LogP contribution in [0.25, 0.3) is 10.2 Å². The van der Waals surface area contributed by atoms with Crippen molar-refractivity contribution >= 4 is 54.2 Å². The van der Waals surface area contributed by atoms with Crippen LogP contribution in [0.4, 0.5) is 10.8 Å². The zero-order valence-electron chi connectivity index (χ0n) is 16.7. The number of carbonyl (C=O) groups is 1. The van der Waals surface area contributed by atoms with Crippen molar-refractivity contribution in [3.63, 3.8) is 0 Å². The van der Waals surface area contributed by atoms with Crippen LogP contribution in [-0.4, -0.2) is 60.1 Å². The molecule has 2 heterocycles. The Hall–Kier alpha value is -2.40. The van der Waals surface area contributed by atoms with Gasteiger partial charge in [0.1, 0.15) is 0 Å². The normalized spacial score (nSPS) is 14.6. The number of anilines is 1. The number of aromatic nitrogens is 1. The van der Waals surface area contributed by atoms with E-state index in [1.807, 2.05) is 18.2 Å². The van der Waals surface area contributed by atoms with Gasteiger partial charge in [-0.15, -0.1) is 0 Å². The number of amides is 1. The summed E-state index contributed by atoms with van der Waals surface area (Å²) in [6.45, 7) is 4.63. The molecular weight excluding hydrogens is 484 g/mol. The molecule has 0 unspecified atom stereocenters. The SMILES string of the molecule is O=C(c1ccc([N+](=O)[O-])cc1)N(CCCN1CCOCC1)c1nc2ccc(Br)cc2s1. The minimum Gasteiger partial charge on any atom is -0.379 e. The van der Waals surface area contributed by atoms with Gasteiger partial charge >= 0.3 is 0 Å². The molecule has 0 aliphatic carbocycles. The van der Waals surface area contributed by atoms with Crippen molar-refractivity contribution in [3.05, 3.63) is 62.6 Å². The molecule has 1 amide bonds. The van der Waals surface area contributed by atoms with E-state index in [9.17, 15) is 14.9 Å². The summed E-state index contributed by atoms with van der Waals surface area (Å²) in [6.07, 6.45) is 0.790. The van der Waals surface area contributed by atoms with Gasteiger partial charge in [0.25, 0.3) is 11.6 Å². The maximum atomic E-state index is 13.3. The van der Waals surface area contributed by atoms with E-state index in [1.165, 1.54) is 35.6 Å². The second-order valence-electron chi connectivity index (χ2n) is 7.18. The highest BCUT2D eigenvalue weighted by Crippen LogP contribution is 2.32. The van der Waals surface area contributed by atoms with Crippen molar-refractivity contribution < 1.29 is 14.5 Å². The van der Waals surface area contributed by atoms with Gasteiger partial charge in [-0.25, -0.2) is 4.98 Å². The third kappa shape index (κ3) is 5.27. The van der Waals surface area contributed by atoms with Gasteiger partial charge < -0.3 is 4.74 Å². The maximum Gasteiger partial charge on any atom is 0.269 e. The van der Waals surface area contributed by atoms with Gasteiger partial charge in [-0.05, 0) is 36.8 Å². The van der Waals surface area contributed by atoms with Crippen molar-refractivity contribution in [2.45, 2.75) is 6.42 Å². The number of morpholine rings is 1. The Bertz CT molecular complexity index is 1080. The number of nitro groups is 1. The highest BCUT2D eigenvalue weighted by atomic mass is 79.9. The second-order valence-corrected chi connectivity index (χ2v) is 9.10. The Morgan fingerprint density at radius 3 is 2.68 bits per heavy atom. The molecular formula is C21H21BrN4O4S. The van der Waals surface area contributed by atoms with Crippen LogP contribution >= 0.6 is 27.3 Å². The van der Waals surface area contributed by atoms with Gasteiger partial charge in [-0.1, -0.05) is 27.3 Å². The van der Waals surface area contributed by atoms with Gasteiger partial charge in [0.05, 0.1) is 28.4 Å². The molecule has 162 valence electrons. The molecule has 3 aromatic rings. The lowest BCUT2D eigenvalue weighted by molar-refractivity contribution is -0.384. The zero-order chi connectivity index (χ0) is 21.8. The van der Waals surface area contributed by atoms with E-state index >= 15 is 0 Å². The van der Waals surface area contributed by atoms with Crippen molar-refractivity contribution in [1.82, 2.24) is 9.88 Å². The molecule has 2 aromatic carbocycles. The average Bonchev–Trinajstić information content (AvgIpc) is 3.20. The molecule has 4 rings (SSSR count). The number of ether oxygens (including phenoxy) is 1. The summed E-state index contributed by atoms with van der Waals surface area (Å²) < 4.78 is 7.34. The van der Waals surface area contributed by atoms with Crippen LogP contribution in [0.1, 0.15) is 16.8 Å². The third-order valence-corrected chi connectivity index (χ3v) is 6.63. The van der Waals surface area contributed by atoms with E-state index in [4.69, 9.17) is 4.74 Å². The molecule has 1 fully saturated rings. The number of nitro benzene ring substituents is 1. The second kappa shape index (κ2) is 9.82. The van der Waals surface area contributed by atoms with Crippen molar-refractivity contribution in [2.24, 2.45) is 0 Å². The molecule has 0 spiro atoms. The highest BCUT2D eigenvalue weighted by molar-refractivity contribution is 9.10. The predicted molar refractivity (Wildman–Crippen MR) is 124 cm³/mol. The van der Waals surface area contributed by atoms with Crippen LogP contribution in [-0.2, 0) is 4.74 Å². The van der Waals surface area contributed by atoms with E-state index in [1.54, 1.807) is 4.90 Å². The summed E-state index contributed by atoms with van der Waals surface area (Å²) in [4.78, 5) is 32.5. The minimum atomic E-state index is -0.472. The van der Waals surface area contributed by atoms with E-state index in [0.717, 1.165) is 54.0 Å². The summed E-state index contributed by atoms with van der Waals surface area (Å²) in [5.41, 5.74) is 1.19. The number of non-ortho nitro benzene ring substituents is 1. The van der Waals surface area contributed by atoms with Crippen LogP contribution in [0.2, 0.25) is 0 Å². The Morgan fingerprint density at radius 2 is 1.97 bits per heavy atom. The first-order valence-corrected chi connectivity index (χ1v) is 11.5. The number of thiazole rings is 1. The van der Waals surface area contributed by atoms with Gasteiger partial charge in [-0.2, -0.15) is 0 Å². The third-order valence-electron chi connectivity index (χ3n) is 5.10. The van der Waals surface area contributed by atoms with Gasteiger partial charge in [0, 0.05) is 48.3 Å². The molecule has 8 nitrogen and oxygen atoms in total. The van der Waals surface area contributed by atoms with Crippen LogP contribution in [0, 0.1) is 10.1 Å². The summed E-state index contributed by atoms with van der Waals surface area (Å²) in [7, 11) is 0.